The first-order chi connectivity index (χ1) is 10.0. The molecule has 2 unspecified atom stereocenters. The van der Waals surface area contributed by atoms with Crippen molar-refractivity contribution in [3.8, 4) is 0 Å². The van der Waals surface area contributed by atoms with Gasteiger partial charge in [0.2, 0.25) is 0 Å². The first-order valence-electron chi connectivity index (χ1n) is 6.88. The molecule has 2 N–H and O–H groups in total. The molecule has 7 heteroatoms. The fraction of sp³-hybridized carbons (Fsp3) is 0.500. The number of nitrogens with one attached hydrogen (secondary N) is 1. The molecule has 1 aliphatic rings. The lowest BCUT2D eigenvalue weighted by atomic mass is 9.85. The average Bonchev–Trinajstić information content (AvgIpc) is 2.47. The molecule has 114 valence electrons. The number of rotatable bonds is 4. The van der Waals surface area contributed by atoms with E-state index in [9.17, 15) is 20.0 Å². The Balaban J connectivity index is 2.13. The van der Waals surface area contributed by atoms with Crippen molar-refractivity contribution >= 4 is 23.2 Å². The van der Waals surface area contributed by atoms with Gasteiger partial charge in [-0.2, -0.15) is 0 Å². The van der Waals surface area contributed by atoms with E-state index >= 15 is 0 Å². The van der Waals surface area contributed by atoms with E-state index in [0.717, 1.165) is 25.7 Å². The molecule has 0 spiro atoms. The highest BCUT2D eigenvalue weighted by atomic mass is 35.5. The number of aliphatic hydroxyl groups is 1. The Bertz CT molecular complexity index is 550. The topological polar surface area (TPSA) is 92.5 Å². The van der Waals surface area contributed by atoms with Crippen molar-refractivity contribution in [2.75, 3.05) is 6.61 Å². The fourth-order valence-corrected chi connectivity index (χ4v) is 2.85. The molecular weight excluding hydrogens is 296 g/mol. The van der Waals surface area contributed by atoms with E-state index in [1.807, 2.05) is 0 Å². The normalized spacial score (nSPS) is 21.8. The molecule has 0 saturated heterocycles. The lowest BCUT2D eigenvalue weighted by Crippen LogP contribution is -2.43. The van der Waals surface area contributed by atoms with Crippen LogP contribution < -0.4 is 5.32 Å². The molecule has 0 heterocycles. The fourth-order valence-electron chi connectivity index (χ4n) is 2.66. The third-order valence-corrected chi connectivity index (χ3v) is 4.18. The van der Waals surface area contributed by atoms with Crippen molar-refractivity contribution in [2.45, 2.75) is 31.7 Å². The zero-order valence-corrected chi connectivity index (χ0v) is 12.2. The van der Waals surface area contributed by atoms with Gasteiger partial charge in [-0.15, -0.1) is 0 Å². The number of halogens is 1. The highest BCUT2D eigenvalue weighted by molar-refractivity contribution is 6.32. The van der Waals surface area contributed by atoms with Crippen LogP contribution in [0.15, 0.2) is 18.2 Å². The Morgan fingerprint density at radius 2 is 2.14 bits per heavy atom. The van der Waals surface area contributed by atoms with Gasteiger partial charge in [-0.25, -0.2) is 0 Å². The van der Waals surface area contributed by atoms with Gasteiger partial charge in [0, 0.05) is 30.2 Å². The molecule has 0 aromatic heterocycles. The summed E-state index contributed by atoms with van der Waals surface area (Å²) >= 11 is 5.73. The smallest absolute Gasteiger partial charge is 0.288 e. The quantitative estimate of drug-likeness (QED) is 0.660. The van der Waals surface area contributed by atoms with Gasteiger partial charge in [-0.1, -0.05) is 24.4 Å². The number of hydrogen-bond donors (Lipinski definition) is 2. The summed E-state index contributed by atoms with van der Waals surface area (Å²) in [5.41, 5.74) is -0.0833. The van der Waals surface area contributed by atoms with Gasteiger partial charge in [-0.05, 0) is 25.0 Å². The Morgan fingerprint density at radius 1 is 1.43 bits per heavy atom. The van der Waals surface area contributed by atoms with Gasteiger partial charge in [0.25, 0.3) is 11.6 Å². The van der Waals surface area contributed by atoms with E-state index in [4.69, 9.17) is 11.6 Å². The number of carbonyl (C=O) groups excluding carboxylic acids is 1. The lowest BCUT2D eigenvalue weighted by Gasteiger charge is -2.30. The minimum absolute atomic E-state index is 0.00227. The van der Waals surface area contributed by atoms with Crippen LogP contribution in [0.5, 0.6) is 0 Å². The van der Waals surface area contributed by atoms with E-state index in [2.05, 4.69) is 5.32 Å². The Hall–Kier alpha value is -1.66. The van der Waals surface area contributed by atoms with Crippen LogP contribution in [0.4, 0.5) is 5.69 Å². The van der Waals surface area contributed by atoms with E-state index in [1.165, 1.54) is 18.2 Å². The maximum atomic E-state index is 12.2. The number of aliphatic hydroxyl groups excluding tert-OH is 1. The minimum atomic E-state index is -0.615. The molecule has 0 bridgehead atoms. The molecule has 2 atom stereocenters. The molecule has 1 saturated carbocycles. The number of carbonyl (C=O) groups is 1. The SMILES string of the molecule is O=C(NC1CCCCC1CO)c1ccc(Cl)c([N+](=O)[O-])c1. The predicted molar refractivity (Wildman–Crippen MR) is 78.4 cm³/mol. The minimum Gasteiger partial charge on any atom is -0.396 e. The van der Waals surface area contributed by atoms with Crippen molar-refractivity contribution in [1.82, 2.24) is 5.32 Å². The molecule has 6 nitrogen and oxygen atoms in total. The van der Waals surface area contributed by atoms with Crippen molar-refractivity contribution in [3.05, 3.63) is 38.9 Å². The molecule has 21 heavy (non-hydrogen) atoms. The number of nitro benzene ring substituents is 1. The number of amides is 1. The second kappa shape index (κ2) is 6.87. The van der Waals surface area contributed by atoms with E-state index in [0.29, 0.717) is 0 Å². The first kappa shape index (κ1) is 15.7. The first-order valence-corrected chi connectivity index (χ1v) is 7.26. The van der Waals surface area contributed by atoms with Gasteiger partial charge in [0.1, 0.15) is 5.02 Å². The average molecular weight is 313 g/mol. The van der Waals surface area contributed by atoms with Crippen LogP contribution in [0.25, 0.3) is 0 Å². The molecule has 1 aromatic rings. The molecule has 1 aromatic carbocycles. The largest absolute Gasteiger partial charge is 0.396 e. The standard InChI is InChI=1S/C14H17ClN2O4/c15-11-6-5-9(7-13(11)17(20)21)14(19)16-12-4-2-1-3-10(12)8-18/h5-7,10,12,18H,1-4,8H2,(H,16,19). The Kier molecular flexibility index (Phi) is 5.14. The number of nitro groups is 1. The lowest BCUT2D eigenvalue weighted by molar-refractivity contribution is -0.384. The van der Waals surface area contributed by atoms with Crippen molar-refractivity contribution < 1.29 is 14.8 Å². The van der Waals surface area contributed by atoms with E-state index in [-0.39, 0.29) is 40.7 Å². The molecule has 1 aliphatic carbocycles. The Labute approximate surface area is 127 Å². The van der Waals surface area contributed by atoms with Gasteiger partial charge < -0.3 is 10.4 Å². The van der Waals surface area contributed by atoms with Crippen LogP contribution in [-0.4, -0.2) is 28.6 Å². The number of benzene rings is 1. The summed E-state index contributed by atoms with van der Waals surface area (Å²) in [6.45, 7) is 0.0334. The van der Waals surface area contributed by atoms with Crippen molar-refractivity contribution in [3.63, 3.8) is 0 Å². The molecule has 1 amide bonds. The molecule has 0 radical (unpaired) electrons. The second-order valence-corrected chi connectivity index (χ2v) is 5.64. The summed E-state index contributed by atoms with van der Waals surface area (Å²) < 4.78 is 0. The van der Waals surface area contributed by atoms with Gasteiger partial charge in [0.05, 0.1) is 4.92 Å². The Morgan fingerprint density at radius 3 is 2.81 bits per heavy atom. The number of nitrogens with zero attached hydrogens (tertiary/aromatic N) is 1. The summed E-state index contributed by atoms with van der Waals surface area (Å²) in [5.74, 6) is -0.329. The molecule has 0 aliphatic heterocycles. The number of hydrogen-bond acceptors (Lipinski definition) is 4. The van der Waals surface area contributed by atoms with Crippen molar-refractivity contribution in [2.24, 2.45) is 5.92 Å². The zero-order chi connectivity index (χ0) is 15.4. The highest BCUT2D eigenvalue weighted by Gasteiger charge is 2.26. The van der Waals surface area contributed by atoms with Crippen LogP contribution in [0.3, 0.4) is 0 Å². The van der Waals surface area contributed by atoms with Crippen LogP contribution in [-0.2, 0) is 0 Å². The van der Waals surface area contributed by atoms with Crippen LogP contribution in [0.1, 0.15) is 36.0 Å². The summed E-state index contributed by atoms with van der Waals surface area (Å²) in [6.07, 6.45) is 3.74. The summed E-state index contributed by atoms with van der Waals surface area (Å²) in [5, 5.41) is 23.0. The van der Waals surface area contributed by atoms with Gasteiger partial charge in [0.15, 0.2) is 0 Å². The van der Waals surface area contributed by atoms with E-state index < -0.39 is 4.92 Å². The maximum absolute atomic E-state index is 12.2. The van der Waals surface area contributed by atoms with Crippen LogP contribution in [0, 0.1) is 16.0 Å². The second-order valence-electron chi connectivity index (χ2n) is 5.23. The summed E-state index contributed by atoms with van der Waals surface area (Å²) in [7, 11) is 0. The monoisotopic (exact) mass is 312 g/mol. The van der Waals surface area contributed by atoms with Crippen molar-refractivity contribution in [1.29, 1.82) is 0 Å². The maximum Gasteiger partial charge on any atom is 0.288 e. The predicted octanol–water partition coefficient (Wildman–Crippen LogP) is 2.53. The molecular formula is C14H17ClN2O4. The van der Waals surface area contributed by atoms with E-state index in [1.54, 1.807) is 0 Å². The highest BCUT2D eigenvalue weighted by Crippen LogP contribution is 2.27. The summed E-state index contributed by atoms with van der Waals surface area (Å²) in [6, 6.07) is 3.89. The van der Waals surface area contributed by atoms with Crippen LogP contribution in [0.2, 0.25) is 5.02 Å². The van der Waals surface area contributed by atoms with Crippen LogP contribution >= 0.6 is 11.6 Å². The third kappa shape index (κ3) is 3.71. The summed E-state index contributed by atoms with van der Waals surface area (Å²) in [4.78, 5) is 22.4. The molecule has 2 rings (SSSR count). The zero-order valence-electron chi connectivity index (χ0n) is 11.4. The van der Waals surface area contributed by atoms with Gasteiger partial charge >= 0.3 is 0 Å². The van der Waals surface area contributed by atoms with Gasteiger partial charge in [-0.3, -0.25) is 14.9 Å². The molecule has 1 fully saturated rings. The third-order valence-electron chi connectivity index (χ3n) is 3.87.